The second-order valence-electron chi connectivity index (χ2n) is 7.11. The molecule has 180 valence electrons. The first-order chi connectivity index (χ1) is 15.1. The Balaban J connectivity index is 3.05. The highest BCUT2D eigenvalue weighted by Crippen LogP contribution is 2.28. The fraction of sp³-hybridized carbons (Fsp3) is 0.789. The highest BCUT2D eigenvalue weighted by molar-refractivity contribution is 5.73. The van der Waals surface area contributed by atoms with Gasteiger partial charge in [0.1, 0.15) is 18.8 Å². The van der Waals surface area contributed by atoms with Crippen molar-refractivity contribution < 1.29 is 42.9 Å². The number of hydrogen-bond donors (Lipinski definition) is 1. The first-order valence-electron chi connectivity index (χ1n) is 10.2. The van der Waals surface area contributed by atoms with Crippen LogP contribution in [0.15, 0.2) is 5.11 Å². The molecule has 0 saturated carbocycles. The van der Waals surface area contributed by atoms with E-state index in [1.165, 1.54) is 27.7 Å². The molecule has 13 nitrogen and oxygen atoms in total. The standard InChI is InChI=1S/C19H30N4O9/c1-11(24)22-16-18(31-14(4)27)17(30-13(3)26)15(10-29-12(2)25)32-19(16)28-9-7-5-6-8-21-23-20/h15-19H,5-10H2,1-4H3,(H,22,24). The summed E-state index contributed by atoms with van der Waals surface area (Å²) >= 11 is 0. The fourth-order valence-electron chi connectivity index (χ4n) is 3.14. The summed E-state index contributed by atoms with van der Waals surface area (Å²) in [6.45, 7) is 5.12. The molecule has 0 aromatic carbocycles. The number of rotatable bonds is 12. The van der Waals surface area contributed by atoms with E-state index < -0.39 is 54.5 Å². The number of amides is 1. The average Bonchev–Trinajstić information content (AvgIpc) is 2.68. The molecule has 5 unspecified atom stereocenters. The van der Waals surface area contributed by atoms with Crippen molar-refractivity contribution in [1.29, 1.82) is 0 Å². The van der Waals surface area contributed by atoms with Crippen molar-refractivity contribution in [2.24, 2.45) is 5.11 Å². The molecule has 0 aromatic heterocycles. The van der Waals surface area contributed by atoms with Crippen LogP contribution in [-0.4, -0.2) is 74.2 Å². The minimum atomic E-state index is -1.16. The van der Waals surface area contributed by atoms with E-state index in [4.69, 9.17) is 29.2 Å². The summed E-state index contributed by atoms with van der Waals surface area (Å²) in [5.74, 6) is -2.38. The second-order valence-corrected chi connectivity index (χ2v) is 7.11. The lowest BCUT2D eigenvalue weighted by Gasteiger charge is -2.44. The lowest BCUT2D eigenvalue weighted by atomic mass is 9.96. The van der Waals surface area contributed by atoms with Gasteiger partial charge >= 0.3 is 17.9 Å². The van der Waals surface area contributed by atoms with Crippen molar-refractivity contribution >= 4 is 23.8 Å². The van der Waals surface area contributed by atoms with E-state index in [0.717, 1.165) is 6.42 Å². The van der Waals surface area contributed by atoms with Crippen molar-refractivity contribution in [3.05, 3.63) is 10.4 Å². The molecule has 5 atom stereocenters. The quantitative estimate of drug-likeness (QED) is 0.112. The van der Waals surface area contributed by atoms with Gasteiger partial charge in [-0.15, -0.1) is 0 Å². The van der Waals surface area contributed by atoms with Crippen LogP contribution in [0.3, 0.4) is 0 Å². The van der Waals surface area contributed by atoms with Gasteiger partial charge < -0.3 is 29.0 Å². The normalized spacial score (nSPS) is 24.6. The zero-order valence-corrected chi connectivity index (χ0v) is 18.6. The Labute approximate surface area is 185 Å². The van der Waals surface area contributed by atoms with E-state index in [2.05, 4.69) is 15.3 Å². The van der Waals surface area contributed by atoms with Crippen molar-refractivity contribution in [3.8, 4) is 0 Å². The van der Waals surface area contributed by atoms with Gasteiger partial charge in [-0.2, -0.15) is 0 Å². The molecule has 1 rings (SSSR count). The topological polar surface area (TPSA) is 175 Å². The minimum absolute atomic E-state index is 0.225. The summed E-state index contributed by atoms with van der Waals surface area (Å²) in [6.07, 6.45) is -2.39. The smallest absolute Gasteiger partial charge is 0.303 e. The van der Waals surface area contributed by atoms with Crippen LogP contribution in [0.25, 0.3) is 10.4 Å². The summed E-state index contributed by atoms with van der Waals surface area (Å²) in [6, 6.07) is -0.988. The van der Waals surface area contributed by atoms with Crippen molar-refractivity contribution in [1.82, 2.24) is 5.32 Å². The molecule has 1 N–H and O–H groups in total. The van der Waals surface area contributed by atoms with E-state index in [9.17, 15) is 19.2 Å². The number of nitrogens with one attached hydrogen (secondary N) is 1. The number of esters is 3. The molecule has 1 aliphatic heterocycles. The predicted molar refractivity (Wildman–Crippen MR) is 108 cm³/mol. The molecule has 1 heterocycles. The van der Waals surface area contributed by atoms with Crippen LogP contribution in [0.2, 0.25) is 0 Å². The second kappa shape index (κ2) is 14.2. The van der Waals surface area contributed by atoms with Gasteiger partial charge in [-0.25, -0.2) is 0 Å². The number of hydrogen-bond acceptors (Lipinski definition) is 10. The van der Waals surface area contributed by atoms with E-state index in [-0.39, 0.29) is 13.2 Å². The van der Waals surface area contributed by atoms with Crippen LogP contribution in [-0.2, 0) is 42.9 Å². The molecule has 0 bridgehead atoms. The molecule has 0 aromatic rings. The number of azide groups is 1. The van der Waals surface area contributed by atoms with Gasteiger partial charge in [0, 0.05) is 45.8 Å². The average molecular weight is 458 g/mol. The zero-order valence-electron chi connectivity index (χ0n) is 18.6. The number of nitrogens with zero attached hydrogens (tertiary/aromatic N) is 3. The molecule has 0 spiro atoms. The Kier molecular flexibility index (Phi) is 12.1. The Morgan fingerprint density at radius 2 is 1.62 bits per heavy atom. The van der Waals surface area contributed by atoms with Crippen molar-refractivity contribution in [2.75, 3.05) is 19.8 Å². The predicted octanol–water partition coefficient (Wildman–Crippen LogP) is 1.14. The van der Waals surface area contributed by atoms with Gasteiger partial charge in [-0.3, -0.25) is 19.2 Å². The van der Waals surface area contributed by atoms with Crippen LogP contribution in [0.1, 0.15) is 47.0 Å². The summed E-state index contributed by atoms with van der Waals surface area (Å²) in [7, 11) is 0. The molecule has 1 aliphatic rings. The molecular formula is C19H30N4O9. The summed E-state index contributed by atoms with van der Waals surface area (Å²) in [4.78, 5) is 49.2. The van der Waals surface area contributed by atoms with E-state index in [0.29, 0.717) is 19.4 Å². The van der Waals surface area contributed by atoms with Crippen molar-refractivity contribution in [2.45, 2.75) is 77.6 Å². The Morgan fingerprint density at radius 1 is 0.969 bits per heavy atom. The lowest BCUT2D eigenvalue weighted by molar-refractivity contribution is -0.277. The third-order valence-corrected chi connectivity index (χ3v) is 4.32. The molecule has 0 aliphatic carbocycles. The van der Waals surface area contributed by atoms with Crippen LogP contribution >= 0.6 is 0 Å². The van der Waals surface area contributed by atoms with Crippen LogP contribution in [0, 0.1) is 0 Å². The fourth-order valence-corrected chi connectivity index (χ4v) is 3.14. The number of unbranched alkanes of at least 4 members (excludes halogenated alkanes) is 2. The van der Waals surface area contributed by atoms with Gasteiger partial charge in [0.05, 0.1) is 0 Å². The maximum absolute atomic E-state index is 11.8. The molecule has 1 amide bonds. The number of carbonyl (C=O) groups excluding carboxylic acids is 4. The minimum Gasteiger partial charge on any atom is -0.463 e. The highest BCUT2D eigenvalue weighted by atomic mass is 16.7. The molecule has 0 radical (unpaired) electrons. The van der Waals surface area contributed by atoms with Gasteiger partial charge in [-0.05, 0) is 18.4 Å². The third-order valence-electron chi connectivity index (χ3n) is 4.32. The van der Waals surface area contributed by atoms with Crippen LogP contribution in [0.5, 0.6) is 0 Å². The van der Waals surface area contributed by atoms with Gasteiger partial charge in [0.15, 0.2) is 18.5 Å². The Morgan fingerprint density at radius 3 is 2.19 bits per heavy atom. The van der Waals surface area contributed by atoms with E-state index in [1.54, 1.807) is 0 Å². The van der Waals surface area contributed by atoms with Gasteiger partial charge in [0.25, 0.3) is 0 Å². The maximum atomic E-state index is 11.8. The summed E-state index contributed by atoms with van der Waals surface area (Å²) in [5, 5.41) is 6.08. The largest absolute Gasteiger partial charge is 0.463 e. The first-order valence-corrected chi connectivity index (χ1v) is 10.2. The third kappa shape index (κ3) is 9.94. The van der Waals surface area contributed by atoms with Crippen molar-refractivity contribution in [3.63, 3.8) is 0 Å². The van der Waals surface area contributed by atoms with Gasteiger partial charge in [-0.1, -0.05) is 11.5 Å². The molecule has 1 saturated heterocycles. The monoisotopic (exact) mass is 458 g/mol. The van der Waals surface area contributed by atoms with E-state index in [1.807, 2.05) is 0 Å². The molecule has 13 heteroatoms. The number of carbonyl (C=O) groups is 4. The Hall–Kier alpha value is -2.89. The summed E-state index contributed by atoms with van der Waals surface area (Å²) < 4.78 is 27.4. The molecule has 1 fully saturated rings. The van der Waals surface area contributed by atoms with Crippen LogP contribution in [0.4, 0.5) is 0 Å². The first kappa shape index (κ1) is 27.1. The van der Waals surface area contributed by atoms with E-state index >= 15 is 0 Å². The SMILES string of the molecule is CC(=O)NC1C(OCCCCCN=[N+]=[N-])OC(COC(C)=O)C(OC(C)=O)C1OC(C)=O. The van der Waals surface area contributed by atoms with Crippen LogP contribution < -0.4 is 5.32 Å². The number of ether oxygens (including phenoxy) is 5. The maximum Gasteiger partial charge on any atom is 0.303 e. The lowest BCUT2D eigenvalue weighted by Crippen LogP contribution is -2.66. The highest BCUT2D eigenvalue weighted by Gasteiger charge is 2.51. The van der Waals surface area contributed by atoms with Gasteiger partial charge in [0.2, 0.25) is 5.91 Å². The Bertz CT molecular complexity index is 711. The molecular weight excluding hydrogens is 428 g/mol. The summed E-state index contributed by atoms with van der Waals surface area (Å²) in [5.41, 5.74) is 8.29. The molecule has 32 heavy (non-hydrogen) atoms. The zero-order chi connectivity index (χ0) is 24.1.